The quantitative estimate of drug-likeness (QED) is 0.552. The summed E-state index contributed by atoms with van der Waals surface area (Å²) < 4.78 is 4.88. The van der Waals surface area contributed by atoms with Crippen LogP contribution >= 0.6 is 0 Å². The van der Waals surface area contributed by atoms with E-state index >= 15 is 0 Å². The molecular formula is C19H25N3O5. The van der Waals surface area contributed by atoms with Crippen molar-refractivity contribution < 1.29 is 23.9 Å². The van der Waals surface area contributed by atoms with E-state index in [1.807, 2.05) is 31.2 Å². The minimum Gasteiger partial charge on any atom is -0.454 e. The highest BCUT2D eigenvalue weighted by molar-refractivity contribution is 6.08. The molecule has 2 rings (SSSR count). The summed E-state index contributed by atoms with van der Waals surface area (Å²) in [5, 5.41) is 5.20. The van der Waals surface area contributed by atoms with E-state index in [4.69, 9.17) is 4.74 Å². The standard InChI is InChI=1S/C19H25N3O5/c1-5-13-6-8-14(9-7-13)12(2)20-15(23)11-27-16(24)10-22-17(25)19(3,4)21-18(22)26/h6-9,12H,5,10-11H2,1-4H3,(H,20,23)(H,21,26). The molecule has 0 bridgehead atoms. The van der Waals surface area contributed by atoms with Crippen molar-refractivity contribution in [3.8, 4) is 0 Å². The minimum absolute atomic E-state index is 0.242. The van der Waals surface area contributed by atoms with Gasteiger partial charge in [0.1, 0.15) is 12.1 Å². The van der Waals surface area contributed by atoms with Crippen molar-refractivity contribution in [2.24, 2.45) is 0 Å². The first-order valence-electron chi connectivity index (χ1n) is 8.82. The number of imide groups is 1. The van der Waals surface area contributed by atoms with Gasteiger partial charge in [0.15, 0.2) is 6.61 Å². The molecule has 1 aromatic carbocycles. The van der Waals surface area contributed by atoms with Gasteiger partial charge in [0, 0.05) is 0 Å². The molecule has 27 heavy (non-hydrogen) atoms. The van der Waals surface area contributed by atoms with Crippen LogP contribution in [0.25, 0.3) is 0 Å². The molecule has 1 atom stereocenters. The van der Waals surface area contributed by atoms with E-state index in [0.717, 1.165) is 16.9 Å². The van der Waals surface area contributed by atoms with E-state index in [-0.39, 0.29) is 6.04 Å². The first-order chi connectivity index (χ1) is 12.6. The fourth-order valence-electron chi connectivity index (χ4n) is 2.69. The molecule has 2 N–H and O–H groups in total. The summed E-state index contributed by atoms with van der Waals surface area (Å²) in [5.41, 5.74) is 1.08. The largest absolute Gasteiger partial charge is 0.454 e. The zero-order valence-electron chi connectivity index (χ0n) is 16.0. The van der Waals surface area contributed by atoms with Gasteiger partial charge in [0.25, 0.3) is 11.8 Å². The molecule has 0 spiro atoms. The van der Waals surface area contributed by atoms with Crippen LogP contribution in [-0.2, 0) is 25.5 Å². The minimum atomic E-state index is -1.06. The number of urea groups is 1. The van der Waals surface area contributed by atoms with Gasteiger partial charge in [-0.15, -0.1) is 0 Å². The second kappa shape index (κ2) is 8.20. The van der Waals surface area contributed by atoms with E-state index in [1.54, 1.807) is 13.8 Å². The summed E-state index contributed by atoms with van der Waals surface area (Å²) in [5.74, 6) is -1.81. The number of carbonyl (C=O) groups excluding carboxylic acids is 4. The van der Waals surface area contributed by atoms with Crippen molar-refractivity contribution >= 4 is 23.8 Å². The summed E-state index contributed by atoms with van der Waals surface area (Å²) >= 11 is 0. The zero-order valence-corrected chi connectivity index (χ0v) is 16.0. The second-order valence-corrected chi connectivity index (χ2v) is 6.99. The monoisotopic (exact) mass is 375 g/mol. The Balaban J connectivity index is 1.80. The van der Waals surface area contributed by atoms with Crippen LogP contribution in [-0.4, -0.2) is 47.4 Å². The number of hydrogen-bond donors (Lipinski definition) is 2. The van der Waals surface area contributed by atoms with Gasteiger partial charge in [-0.3, -0.25) is 19.3 Å². The number of rotatable bonds is 7. The lowest BCUT2D eigenvalue weighted by Crippen LogP contribution is -2.41. The van der Waals surface area contributed by atoms with Crippen LogP contribution in [0.3, 0.4) is 0 Å². The fourth-order valence-corrected chi connectivity index (χ4v) is 2.69. The molecular weight excluding hydrogens is 350 g/mol. The van der Waals surface area contributed by atoms with Crippen LogP contribution in [0, 0.1) is 0 Å². The summed E-state index contributed by atoms with van der Waals surface area (Å²) in [6.45, 7) is 5.96. The molecule has 0 radical (unpaired) electrons. The average molecular weight is 375 g/mol. The molecule has 4 amide bonds. The van der Waals surface area contributed by atoms with Crippen LogP contribution in [0.2, 0.25) is 0 Å². The maximum absolute atomic E-state index is 12.0. The summed E-state index contributed by atoms with van der Waals surface area (Å²) in [4.78, 5) is 48.4. The van der Waals surface area contributed by atoms with Crippen molar-refractivity contribution in [1.29, 1.82) is 0 Å². The first-order valence-corrected chi connectivity index (χ1v) is 8.82. The van der Waals surface area contributed by atoms with Crippen molar-refractivity contribution in [2.45, 2.75) is 45.7 Å². The highest BCUT2D eigenvalue weighted by atomic mass is 16.5. The molecule has 8 nitrogen and oxygen atoms in total. The molecule has 1 heterocycles. The van der Waals surface area contributed by atoms with Gasteiger partial charge in [-0.25, -0.2) is 4.79 Å². The SMILES string of the molecule is CCc1ccc(C(C)NC(=O)COC(=O)CN2C(=O)NC(C)(C)C2=O)cc1. The Morgan fingerprint density at radius 2 is 1.85 bits per heavy atom. The molecule has 0 saturated carbocycles. The van der Waals surface area contributed by atoms with Crippen LogP contribution < -0.4 is 10.6 Å². The molecule has 0 aliphatic carbocycles. The molecule has 1 aromatic rings. The third-order valence-electron chi connectivity index (χ3n) is 4.36. The van der Waals surface area contributed by atoms with Gasteiger partial charge in [-0.2, -0.15) is 0 Å². The summed E-state index contributed by atoms with van der Waals surface area (Å²) in [6.07, 6.45) is 0.936. The number of hydrogen-bond acceptors (Lipinski definition) is 5. The lowest BCUT2D eigenvalue weighted by atomic mass is 10.1. The third kappa shape index (κ3) is 5.06. The van der Waals surface area contributed by atoms with Crippen molar-refractivity contribution in [3.05, 3.63) is 35.4 Å². The smallest absolute Gasteiger partial charge is 0.326 e. The second-order valence-electron chi connectivity index (χ2n) is 6.99. The number of benzene rings is 1. The van der Waals surface area contributed by atoms with Gasteiger partial charge < -0.3 is 15.4 Å². The Morgan fingerprint density at radius 3 is 2.37 bits per heavy atom. The number of nitrogens with one attached hydrogen (secondary N) is 2. The Bertz CT molecular complexity index is 742. The summed E-state index contributed by atoms with van der Waals surface area (Å²) in [7, 11) is 0. The molecule has 8 heteroatoms. The normalized spacial score (nSPS) is 16.7. The number of esters is 1. The highest BCUT2D eigenvalue weighted by Gasteiger charge is 2.45. The predicted molar refractivity (Wildman–Crippen MR) is 97.7 cm³/mol. The first kappa shape index (κ1) is 20.4. The maximum Gasteiger partial charge on any atom is 0.326 e. The molecule has 1 saturated heterocycles. The number of carbonyl (C=O) groups is 4. The van der Waals surface area contributed by atoms with Crippen LogP contribution in [0.15, 0.2) is 24.3 Å². The zero-order chi connectivity index (χ0) is 20.2. The van der Waals surface area contributed by atoms with Crippen molar-refractivity contribution in [3.63, 3.8) is 0 Å². The van der Waals surface area contributed by atoms with Crippen molar-refractivity contribution in [2.75, 3.05) is 13.2 Å². The van der Waals surface area contributed by atoms with E-state index in [9.17, 15) is 19.2 Å². The fraction of sp³-hybridized carbons (Fsp3) is 0.474. The molecule has 1 aliphatic rings. The highest BCUT2D eigenvalue weighted by Crippen LogP contribution is 2.16. The molecule has 1 aliphatic heterocycles. The van der Waals surface area contributed by atoms with Gasteiger partial charge in [-0.1, -0.05) is 31.2 Å². The Morgan fingerprint density at radius 1 is 1.22 bits per heavy atom. The Hall–Kier alpha value is -2.90. The number of ether oxygens (including phenoxy) is 1. The van der Waals surface area contributed by atoms with Crippen LogP contribution in [0.4, 0.5) is 4.79 Å². The van der Waals surface area contributed by atoms with Gasteiger partial charge in [0.05, 0.1) is 6.04 Å². The predicted octanol–water partition coefficient (Wildman–Crippen LogP) is 1.30. The van der Waals surface area contributed by atoms with Crippen LogP contribution in [0.1, 0.15) is 44.9 Å². The van der Waals surface area contributed by atoms with E-state index in [1.165, 1.54) is 5.56 Å². The maximum atomic E-state index is 12.0. The molecule has 146 valence electrons. The van der Waals surface area contributed by atoms with Gasteiger partial charge in [-0.05, 0) is 38.3 Å². The average Bonchev–Trinajstić information content (AvgIpc) is 2.81. The van der Waals surface area contributed by atoms with E-state index in [0.29, 0.717) is 0 Å². The van der Waals surface area contributed by atoms with Gasteiger partial charge >= 0.3 is 12.0 Å². The lowest BCUT2D eigenvalue weighted by Gasteiger charge is -2.16. The number of amides is 4. The van der Waals surface area contributed by atoms with E-state index in [2.05, 4.69) is 17.6 Å². The number of nitrogens with zero attached hydrogens (tertiary/aromatic N) is 1. The molecule has 1 unspecified atom stereocenters. The van der Waals surface area contributed by atoms with Crippen molar-refractivity contribution in [1.82, 2.24) is 15.5 Å². The molecule has 1 fully saturated rings. The third-order valence-corrected chi connectivity index (χ3v) is 4.36. The van der Waals surface area contributed by atoms with Gasteiger partial charge in [0.2, 0.25) is 0 Å². The lowest BCUT2D eigenvalue weighted by molar-refractivity contribution is -0.151. The van der Waals surface area contributed by atoms with Crippen LogP contribution in [0.5, 0.6) is 0 Å². The van der Waals surface area contributed by atoms with E-state index < -0.39 is 42.5 Å². The Kier molecular flexibility index (Phi) is 6.20. The molecule has 0 aromatic heterocycles. The topological polar surface area (TPSA) is 105 Å². The number of aryl methyl sites for hydroxylation is 1. The Labute approximate surface area is 158 Å². The summed E-state index contributed by atoms with van der Waals surface area (Å²) in [6, 6.07) is 6.98.